The topological polar surface area (TPSA) is 119 Å². The number of nitrogens with one attached hydrogen (secondary N) is 1. The Labute approximate surface area is 122 Å². The quantitative estimate of drug-likeness (QED) is 0.734. The average Bonchev–Trinajstić information content (AvgIpc) is 2.61. The monoisotopic (exact) mass is 303 g/mol. The standard InChI is InChI=1S/C13H8N3O6/c17-13-12-9(16(20)21)5-7(15(18)19)6-11(12)22-10-4-2-1-3-8(10)14-13/h1-6H,(H2-,14,17,18,19,20,21)/q+1/p+1. The van der Waals surface area contributed by atoms with E-state index in [0.29, 0.717) is 5.69 Å². The first-order valence-electron chi connectivity index (χ1n) is 6.06. The molecule has 110 valence electrons. The van der Waals surface area contributed by atoms with Crippen LogP contribution in [0.1, 0.15) is 10.4 Å². The smallest absolute Gasteiger partial charge is 0.340 e. The molecule has 3 rings (SSSR count). The summed E-state index contributed by atoms with van der Waals surface area (Å²) in [6.45, 7) is 0. The predicted molar refractivity (Wildman–Crippen MR) is 71.1 cm³/mol. The minimum absolute atomic E-state index is 0.153. The van der Waals surface area contributed by atoms with Crippen molar-refractivity contribution in [2.24, 2.45) is 0 Å². The van der Waals surface area contributed by atoms with Crippen LogP contribution in [-0.2, 0) is 0 Å². The van der Waals surface area contributed by atoms with E-state index in [1.807, 2.05) is 0 Å². The van der Waals surface area contributed by atoms with Gasteiger partial charge in [-0.15, -0.1) is 0 Å². The molecule has 1 amide bonds. The van der Waals surface area contributed by atoms with Crippen molar-refractivity contribution >= 4 is 23.0 Å². The minimum Gasteiger partial charge on any atom is -0.454 e. The molecule has 3 N–H and O–H groups in total. The van der Waals surface area contributed by atoms with E-state index < -0.39 is 21.4 Å². The largest absolute Gasteiger partial charge is 0.454 e. The van der Waals surface area contributed by atoms with Gasteiger partial charge in [0.2, 0.25) is 0 Å². The van der Waals surface area contributed by atoms with Gasteiger partial charge in [0, 0.05) is 0 Å². The zero-order chi connectivity index (χ0) is 15.9. The van der Waals surface area contributed by atoms with Gasteiger partial charge in [-0.05, 0) is 12.1 Å². The molecule has 9 nitrogen and oxygen atoms in total. The Morgan fingerprint density at radius 2 is 1.73 bits per heavy atom. The van der Waals surface area contributed by atoms with Crippen molar-refractivity contribution < 1.29 is 29.8 Å². The summed E-state index contributed by atoms with van der Waals surface area (Å²) in [5.41, 5.74) is -0.822. The van der Waals surface area contributed by atoms with Gasteiger partial charge in [-0.25, -0.2) is 10.4 Å². The zero-order valence-electron chi connectivity index (χ0n) is 10.9. The molecule has 0 radical (unpaired) electrons. The van der Waals surface area contributed by atoms with E-state index in [9.17, 15) is 14.6 Å². The highest BCUT2D eigenvalue weighted by Gasteiger charge is 2.36. The van der Waals surface area contributed by atoms with Crippen molar-refractivity contribution in [1.29, 1.82) is 0 Å². The van der Waals surface area contributed by atoms with Crippen molar-refractivity contribution in [3.8, 4) is 11.5 Å². The molecule has 1 aliphatic heterocycles. The van der Waals surface area contributed by atoms with E-state index in [2.05, 4.69) is 5.32 Å². The SMILES string of the molecule is O=C1Nc2ccccc2Oc2cc([N+](=O)O)cc([N+](=O)O)c21. The second kappa shape index (κ2) is 4.81. The van der Waals surface area contributed by atoms with E-state index in [1.54, 1.807) is 24.3 Å². The fraction of sp³-hybridized carbons (Fsp3) is 0. The first-order chi connectivity index (χ1) is 10.5. The number of hydrogen-bond acceptors (Lipinski definition) is 4. The fourth-order valence-corrected chi connectivity index (χ4v) is 2.12. The lowest BCUT2D eigenvalue weighted by atomic mass is 10.1. The first-order valence-corrected chi connectivity index (χ1v) is 6.06. The van der Waals surface area contributed by atoms with Crippen LogP contribution in [0, 0.1) is 9.81 Å². The highest BCUT2D eigenvalue weighted by atomic mass is 16.6. The van der Waals surface area contributed by atoms with Gasteiger partial charge in [0.05, 0.1) is 21.6 Å². The Morgan fingerprint density at radius 3 is 2.41 bits per heavy atom. The van der Waals surface area contributed by atoms with Crippen molar-refractivity contribution in [1.82, 2.24) is 0 Å². The van der Waals surface area contributed by atoms with Crippen molar-refractivity contribution in [3.05, 3.63) is 51.8 Å². The predicted octanol–water partition coefficient (Wildman–Crippen LogP) is 2.64. The van der Waals surface area contributed by atoms with Crippen LogP contribution in [0.25, 0.3) is 0 Å². The summed E-state index contributed by atoms with van der Waals surface area (Å²) in [5, 5.41) is 20.7. The molecule has 0 aliphatic carbocycles. The van der Waals surface area contributed by atoms with Crippen molar-refractivity contribution in [2.75, 3.05) is 5.32 Å². The van der Waals surface area contributed by atoms with Crippen LogP contribution in [0.15, 0.2) is 36.4 Å². The molecule has 9 heteroatoms. The number of ether oxygens (including phenoxy) is 1. The Bertz CT molecular complexity index is 833. The van der Waals surface area contributed by atoms with Gasteiger partial charge in [-0.3, -0.25) is 4.79 Å². The molecule has 0 saturated heterocycles. The van der Waals surface area contributed by atoms with Crippen LogP contribution in [-0.4, -0.2) is 26.2 Å². The van der Waals surface area contributed by atoms with Crippen LogP contribution in [0.3, 0.4) is 0 Å². The van der Waals surface area contributed by atoms with Gasteiger partial charge in [0.25, 0.3) is 15.8 Å². The van der Waals surface area contributed by atoms with E-state index in [0.717, 1.165) is 12.1 Å². The number of hydrogen-bond donors (Lipinski definition) is 3. The van der Waals surface area contributed by atoms with Crippen LogP contribution in [0.2, 0.25) is 0 Å². The summed E-state index contributed by atoms with van der Waals surface area (Å²) in [4.78, 5) is 33.5. The fourth-order valence-electron chi connectivity index (χ4n) is 2.12. The summed E-state index contributed by atoms with van der Waals surface area (Å²) in [7, 11) is 0. The maximum atomic E-state index is 12.3. The number of benzene rings is 2. The highest BCUT2D eigenvalue weighted by Crippen LogP contribution is 2.41. The lowest BCUT2D eigenvalue weighted by Gasteiger charge is -2.05. The van der Waals surface area contributed by atoms with Crippen LogP contribution < -0.4 is 10.1 Å². The molecule has 0 fully saturated rings. The van der Waals surface area contributed by atoms with Gasteiger partial charge >= 0.3 is 11.4 Å². The second-order valence-electron chi connectivity index (χ2n) is 4.44. The molecule has 0 atom stereocenters. The molecule has 2 aromatic rings. The molecular weight excluding hydrogens is 294 g/mol. The van der Waals surface area contributed by atoms with Crippen LogP contribution in [0.4, 0.5) is 17.1 Å². The Balaban J connectivity index is 2.28. The molecule has 0 aromatic heterocycles. The summed E-state index contributed by atoms with van der Waals surface area (Å²) in [6.07, 6.45) is 0. The maximum absolute atomic E-state index is 12.3. The number of amides is 1. The molecule has 2 aromatic carbocycles. The van der Waals surface area contributed by atoms with Crippen LogP contribution >= 0.6 is 0 Å². The third-order valence-corrected chi connectivity index (χ3v) is 3.08. The van der Waals surface area contributed by atoms with Crippen LogP contribution in [0.5, 0.6) is 11.5 Å². The molecule has 1 aliphatic rings. The summed E-state index contributed by atoms with van der Waals surface area (Å²) in [5.74, 6) is -0.574. The molecular formula is C13H9N3O6+2. The number of rotatable bonds is 2. The van der Waals surface area contributed by atoms with Gasteiger partial charge in [0.15, 0.2) is 17.1 Å². The van der Waals surface area contributed by atoms with Gasteiger partial charge in [-0.2, -0.15) is 0 Å². The third kappa shape index (κ3) is 2.10. The Kier molecular flexibility index (Phi) is 2.95. The Hall–Kier alpha value is -3.49. The molecule has 22 heavy (non-hydrogen) atoms. The van der Waals surface area contributed by atoms with Crippen molar-refractivity contribution in [3.63, 3.8) is 0 Å². The molecule has 0 unspecified atom stereocenters. The summed E-state index contributed by atoms with van der Waals surface area (Å²) in [6, 6.07) is 8.43. The van der Waals surface area contributed by atoms with E-state index in [1.165, 1.54) is 0 Å². The molecule has 1 heterocycles. The molecule has 0 spiro atoms. The number of carbonyl (C=O) groups excluding carboxylic acids is 1. The lowest BCUT2D eigenvalue weighted by molar-refractivity contribution is -0.735. The lowest BCUT2D eigenvalue weighted by Crippen LogP contribution is -2.13. The Morgan fingerprint density at radius 1 is 1.00 bits per heavy atom. The minimum atomic E-state index is -0.702. The molecule has 0 bridgehead atoms. The van der Waals surface area contributed by atoms with E-state index >= 15 is 0 Å². The summed E-state index contributed by atoms with van der Waals surface area (Å²) < 4.78 is 5.52. The number of fused-ring (bicyclic) bond motifs is 2. The normalized spacial score (nSPS) is 12.3. The highest BCUT2D eigenvalue weighted by molar-refractivity contribution is 6.10. The maximum Gasteiger partial charge on any atom is 0.340 e. The number of anilines is 1. The van der Waals surface area contributed by atoms with E-state index in [-0.39, 0.29) is 22.7 Å². The van der Waals surface area contributed by atoms with Gasteiger partial charge in [-0.1, -0.05) is 12.1 Å². The van der Waals surface area contributed by atoms with Gasteiger partial charge in [0.1, 0.15) is 6.07 Å². The number of nitrogens with zero attached hydrogens (tertiary/aromatic N) is 2. The second-order valence-corrected chi connectivity index (χ2v) is 4.44. The van der Waals surface area contributed by atoms with Gasteiger partial charge < -0.3 is 10.1 Å². The summed E-state index contributed by atoms with van der Waals surface area (Å²) >= 11 is 0. The number of carbonyl (C=O) groups is 1. The average molecular weight is 303 g/mol. The van der Waals surface area contributed by atoms with E-state index in [4.69, 9.17) is 15.2 Å². The van der Waals surface area contributed by atoms with Crippen molar-refractivity contribution in [2.45, 2.75) is 0 Å². The third-order valence-electron chi connectivity index (χ3n) is 3.08. The zero-order valence-corrected chi connectivity index (χ0v) is 10.9. The number of para-hydroxylation sites is 2. The molecule has 0 saturated carbocycles. The first kappa shape index (κ1) is 13.5.